The summed E-state index contributed by atoms with van der Waals surface area (Å²) in [5.74, 6) is 1.26. The maximum absolute atomic E-state index is 11.9. The van der Waals surface area contributed by atoms with Crippen molar-refractivity contribution in [3.05, 3.63) is 57.9 Å². The summed E-state index contributed by atoms with van der Waals surface area (Å²) in [7, 11) is 1.61. The average molecular weight is 345 g/mol. The predicted octanol–water partition coefficient (Wildman–Crippen LogP) is 4.91. The van der Waals surface area contributed by atoms with E-state index in [0.717, 1.165) is 28.7 Å². The molecule has 0 radical (unpaired) electrons. The van der Waals surface area contributed by atoms with E-state index in [2.05, 4.69) is 0 Å². The van der Waals surface area contributed by atoms with Crippen LogP contribution in [0.3, 0.4) is 0 Å². The van der Waals surface area contributed by atoms with Crippen LogP contribution in [0, 0.1) is 0 Å². The minimum atomic E-state index is -0.419. The molecule has 0 aliphatic heterocycles. The molecule has 24 heavy (non-hydrogen) atoms. The summed E-state index contributed by atoms with van der Waals surface area (Å²) in [5.41, 5.74) is 1.67. The van der Waals surface area contributed by atoms with Crippen molar-refractivity contribution in [2.24, 2.45) is 0 Å². The number of hydrogen-bond acceptors (Lipinski definition) is 4. The van der Waals surface area contributed by atoms with Crippen molar-refractivity contribution < 1.29 is 13.9 Å². The molecule has 0 atom stereocenters. The fourth-order valence-corrected chi connectivity index (χ4v) is 2.71. The minimum absolute atomic E-state index is 0.419. The molecule has 3 rings (SSSR count). The number of methoxy groups -OCH3 is 1. The quantitative estimate of drug-likeness (QED) is 0.617. The first-order chi connectivity index (χ1) is 11.6. The zero-order chi connectivity index (χ0) is 17.1. The van der Waals surface area contributed by atoms with Gasteiger partial charge in [0.1, 0.15) is 17.1 Å². The molecule has 0 fully saturated rings. The average Bonchev–Trinajstić information content (AvgIpc) is 2.60. The fraction of sp³-hybridized carbons (Fsp3) is 0.211. The van der Waals surface area contributed by atoms with Gasteiger partial charge in [0.05, 0.1) is 18.7 Å². The molecule has 124 valence electrons. The molecule has 2 aromatic carbocycles. The van der Waals surface area contributed by atoms with Crippen molar-refractivity contribution >= 4 is 22.6 Å². The lowest BCUT2D eigenvalue weighted by molar-refractivity contribution is 0.317. The van der Waals surface area contributed by atoms with Crippen LogP contribution >= 0.6 is 11.6 Å². The van der Waals surface area contributed by atoms with Crippen LogP contribution in [0.2, 0.25) is 5.02 Å². The summed E-state index contributed by atoms with van der Waals surface area (Å²) in [6.07, 6.45) is 0.865. The van der Waals surface area contributed by atoms with Gasteiger partial charge in [-0.25, -0.2) is 4.79 Å². The third kappa shape index (κ3) is 3.24. The number of benzene rings is 2. The second-order valence-corrected chi connectivity index (χ2v) is 5.74. The Morgan fingerprint density at radius 3 is 2.54 bits per heavy atom. The Morgan fingerprint density at radius 2 is 1.88 bits per heavy atom. The molecule has 0 spiro atoms. The van der Waals surface area contributed by atoms with E-state index >= 15 is 0 Å². The zero-order valence-electron chi connectivity index (χ0n) is 13.5. The molecule has 0 bridgehead atoms. The van der Waals surface area contributed by atoms with Gasteiger partial charge in [0, 0.05) is 17.5 Å². The zero-order valence-corrected chi connectivity index (χ0v) is 14.2. The summed E-state index contributed by atoms with van der Waals surface area (Å²) in [5, 5.41) is 1.24. The Morgan fingerprint density at radius 1 is 1.12 bits per heavy atom. The maximum Gasteiger partial charge on any atom is 0.336 e. The van der Waals surface area contributed by atoms with E-state index in [1.165, 1.54) is 6.07 Å². The number of rotatable bonds is 5. The van der Waals surface area contributed by atoms with E-state index < -0.39 is 5.63 Å². The van der Waals surface area contributed by atoms with Gasteiger partial charge in [-0.15, -0.1) is 0 Å². The van der Waals surface area contributed by atoms with Crippen LogP contribution in [0.4, 0.5) is 0 Å². The van der Waals surface area contributed by atoms with Crippen LogP contribution in [-0.4, -0.2) is 13.7 Å². The monoisotopic (exact) mass is 344 g/mol. The lowest BCUT2D eigenvalue weighted by atomic mass is 10.0. The first kappa shape index (κ1) is 16.4. The molecule has 3 aromatic rings. The van der Waals surface area contributed by atoms with Crippen LogP contribution in [0.5, 0.6) is 11.5 Å². The normalized spacial score (nSPS) is 10.8. The molecule has 0 unspecified atom stereocenters. The molecular weight excluding hydrogens is 328 g/mol. The highest BCUT2D eigenvalue weighted by Crippen LogP contribution is 2.35. The molecule has 0 saturated heterocycles. The van der Waals surface area contributed by atoms with Crippen molar-refractivity contribution in [1.82, 2.24) is 0 Å². The lowest BCUT2D eigenvalue weighted by Crippen LogP contribution is -2.00. The van der Waals surface area contributed by atoms with Crippen molar-refractivity contribution in [3.63, 3.8) is 0 Å². The van der Waals surface area contributed by atoms with Crippen LogP contribution in [0.15, 0.2) is 51.7 Å². The van der Waals surface area contributed by atoms with E-state index in [1.807, 2.05) is 31.2 Å². The predicted molar refractivity (Wildman–Crippen MR) is 95.3 cm³/mol. The van der Waals surface area contributed by atoms with Gasteiger partial charge < -0.3 is 13.9 Å². The van der Waals surface area contributed by atoms with Gasteiger partial charge >= 0.3 is 5.63 Å². The van der Waals surface area contributed by atoms with Gasteiger partial charge in [-0.1, -0.05) is 30.7 Å². The van der Waals surface area contributed by atoms with Crippen LogP contribution in [-0.2, 0) is 0 Å². The molecule has 4 nitrogen and oxygen atoms in total. The Balaban J connectivity index is 2.16. The summed E-state index contributed by atoms with van der Waals surface area (Å²) >= 11 is 6.32. The van der Waals surface area contributed by atoms with Gasteiger partial charge in [0.15, 0.2) is 0 Å². The van der Waals surface area contributed by atoms with Crippen molar-refractivity contribution in [2.75, 3.05) is 13.7 Å². The maximum atomic E-state index is 11.9. The Labute approximate surface area is 144 Å². The highest BCUT2D eigenvalue weighted by molar-refractivity contribution is 6.33. The SMILES string of the molecule is CCCOc1cc2oc(=O)cc(-c3ccc(OC)cc3)c2cc1Cl. The standard InChI is InChI=1S/C19H17ClO4/c1-3-8-23-18-11-17-15(9-16(18)20)14(10-19(21)24-17)12-4-6-13(22-2)7-5-12/h4-7,9-11H,3,8H2,1-2H3. The Bertz CT molecular complexity index is 913. The van der Waals surface area contributed by atoms with Gasteiger partial charge in [-0.05, 0) is 35.7 Å². The molecule has 1 aromatic heterocycles. The van der Waals surface area contributed by atoms with Crippen LogP contribution in [0.1, 0.15) is 13.3 Å². The molecule has 0 aliphatic rings. The van der Waals surface area contributed by atoms with E-state index in [-0.39, 0.29) is 0 Å². The van der Waals surface area contributed by atoms with Gasteiger partial charge in [-0.3, -0.25) is 0 Å². The molecule has 0 N–H and O–H groups in total. The third-order valence-electron chi connectivity index (χ3n) is 3.66. The van der Waals surface area contributed by atoms with Gasteiger partial charge in [-0.2, -0.15) is 0 Å². The van der Waals surface area contributed by atoms with Crippen LogP contribution < -0.4 is 15.1 Å². The molecule has 0 aliphatic carbocycles. The summed E-state index contributed by atoms with van der Waals surface area (Å²) in [6.45, 7) is 2.56. The molecule has 1 heterocycles. The first-order valence-electron chi connectivity index (χ1n) is 7.67. The molecule has 5 heteroatoms. The van der Waals surface area contributed by atoms with Gasteiger partial charge in [0.25, 0.3) is 0 Å². The van der Waals surface area contributed by atoms with E-state index in [0.29, 0.717) is 23.0 Å². The summed E-state index contributed by atoms with van der Waals surface area (Å²) in [6, 6.07) is 12.4. The molecule has 0 amide bonds. The van der Waals surface area contributed by atoms with Gasteiger partial charge in [0.2, 0.25) is 0 Å². The Hall–Kier alpha value is -2.46. The number of fused-ring (bicyclic) bond motifs is 1. The number of hydrogen-bond donors (Lipinski definition) is 0. The van der Waals surface area contributed by atoms with Crippen molar-refractivity contribution in [3.8, 4) is 22.6 Å². The second-order valence-electron chi connectivity index (χ2n) is 5.33. The number of halogens is 1. The molecule has 0 saturated carbocycles. The second kappa shape index (κ2) is 6.97. The smallest absolute Gasteiger partial charge is 0.336 e. The highest BCUT2D eigenvalue weighted by Gasteiger charge is 2.12. The first-order valence-corrected chi connectivity index (χ1v) is 8.05. The summed E-state index contributed by atoms with van der Waals surface area (Å²) in [4.78, 5) is 11.9. The van der Waals surface area contributed by atoms with Crippen molar-refractivity contribution in [1.29, 1.82) is 0 Å². The van der Waals surface area contributed by atoms with Crippen molar-refractivity contribution in [2.45, 2.75) is 13.3 Å². The topological polar surface area (TPSA) is 48.7 Å². The van der Waals surface area contributed by atoms with E-state index in [4.69, 9.17) is 25.5 Å². The van der Waals surface area contributed by atoms with Crippen LogP contribution in [0.25, 0.3) is 22.1 Å². The molecular formula is C19H17ClO4. The van der Waals surface area contributed by atoms with E-state index in [9.17, 15) is 4.79 Å². The number of ether oxygens (including phenoxy) is 2. The lowest BCUT2D eigenvalue weighted by Gasteiger charge is -2.11. The minimum Gasteiger partial charge on any atom is -0.497 e. The fourth-order valence-electron chi connectivity index (χ4n) is 2.50. The highest BCUT2D eigenvalue weighted by atomic mass is 35.5. The van der Waals surface area contributed by atoms with E-state index in [1.54, 1.807) is 19.2 Å². The Kier molecular flexibility index (Phi) is 4.76. The summed E-state index contributed by atoms with van der Waals surface area (Å²) < 4.78 is 16.1. The third-order valence-corrected chi connectivity index (χ3v) is 3.96. The largest absolute Gasteiger partial charge is 0.497 e.